The maximum absolute atomic E-state index is 14.7. The van der Waals surface area contributed by atoms with E-state index in [-0.39, 0.29) is 23.6 Å². The van der Waals surface area contributed by atoms with Gasteiger partial charge in [0.2, 0.25) is 5.82 Å². The number of hydrogen-bond acceptors (Lipinski definition) is 5. The number of nitrogens with zero attached hydrogens (tertiary/aromatic N) is 1. The highest BCUT2D eigenvalue weighted by Crippen LogP contribution is 2.55. The van der Waals surface area contributed by atoms with Crippen LogP contribution in [0.25, 0.3) is 0 Å². The fraction of sp³-hybridized carbons (Fsp3) is 0.538. The van der Waals surface area contributed by atoms with Gasteiger partial charge in [-0.05, 0) is 45.9 Å². The average molecular weight is 549 g/mol. The molecule has 5 atom stereocenters. The first-order valence-corrected chi connectivity index (χ1v) is 11.8. The number of amides is 1. The van der Waals surface area contributed by atoms with Crippen molar-refractivity contribution in [2.45, 2.75) is 70.2 Å². The number of methoxy groups -OCH3 is 1. The van der Waals surface area contributed by atoms with Crippen LogP contribution in [-0.4, -0.2) is 48.1 Å². The Kier molecular flexibility index (Phi) is 8.38. The lowest BCUT2D eigenvalue weighted by atomic mass is 9.77. The number of halogens is 6. The Balaban J connectivity index is 1.96. The first-order valence-electron chi connectivity index (χ1n) is 11.8. The quantitative estimate of drug-likeness (QED) is 0.413. The molecule has 1 unspecified atom stereocenters. The van der Waals surface area contributed by atoms with E-state index < -0.39 is 64.8 Å². The van der Waals surface area contributed by atoms with Crippen molar-refractivity contribution in [3.05, 3.63) is 53.4 Å². The Labute approximate surface area is 216 Å². The summed E-state index contributed by atoms with van der Waals surface area (Å²) in [6.07, 6.45) is -7.09. The molecule has 210 valence electrons. The Hall–Kier alpha value is -2.86. The van der Waals surface area contributed by atoms with Crippen molar-refractivity contribution in [1.29, 1.82) is 0 Å². The Morgan fingerprint density at radius 1 is 1.21 bits per heavy atom. The van der Waals surface area contributed by atoms with Gasteiger partial charge in [-0.3, -0.25) is 9.78 Å². The molecule has 1 saturated heterocycles. The molecule has 1 fully saturated rings. The minimum absolute atomic E-state index is 0.0475. The fourth-order valence-corrected chi connectivity index (χ4v) is 4.36. The van der Waals surface area contributed by atoms with Crippen molar-refractivity contribution in [1.82, 2.24) is 4.98 Å². The van der Waals surface area contributed by atoms with E-state index in [1.165, 1.54) is 25.3 Å². The molecule has 0 radical (unpaired) electrons. The van der Waals surface area contributed by atoms with Crippen LogP contribution >= 0.6 is 0 Å². The predicted octanol–water partition coefficient (Wildman–Crippen LogP) is 6.27. The molecule has 3 rings (SSSR count). The summed E-state index contributed by atoms with van der Waals surface area (Å²) in [7, 11) is 1.04. The number of pyridine rings is 1. The van der Waals surface area contributed by atoms with Crippen LogP contribution in [0.3, 0.4) is 0 Å². The lowest BCUT2D eigenvalue weighted by Gasteiger charge is -2.32. The summed E-state index contributed by atoms with van der Waals surface area (Å²) in [5, 5.41) is 2.44. The average Bonchev–Trinajstić information content (AvgIpc) is 3.10. The van der Waals surface area contributed by atoms with Crippen LogP contribution in [0.15, 0.2) is 30.5 Å². The molecule has 2 heterocycles. The Morgan fingerprint density at radius 2 is 1.87 bits per heavy atom. The van der Waals surface area contributed by atoms with Crippen LogP contribution in [0.5, 0.6) is 5.75 Å². The standard InChI is InChI=1S/C26H30F6N2O4/c1-13-19(15-7-8-16(27)20(29)21(15)36-6)22(38-25(13,5)26(30,31)32)23(35)34-14-9-10-33-18(11-14)17(28)12-37-24(2,3)4/h7-11,13,17,19,22H,12H2,1-6H3,(H,33,34,35)/t13-,17?,19-,22+,25+/m0/s1. The summed E-state index contributed by atoms with van der Waals surface area (Å²) >= 11 is 0. The molecule has 0 spiro atoms. The van der Waals surface area contributed by atoms with E-state index >= 15 is 0 Å². The molecule has 38 heavy (non-hydrogen) atoms. The monoisotopic (exact) mass is 548 g/mol. The molecular weight excluding hydrogens is 518 g/mol. The van der Waals surface area contributed by atoms with Crippen molar-refractivity contribution in [3.63, 3.8) is 0 Å². The van der Waals surface area contributed by atoms with Crippen molar-refractivity contribution >= 4 is 11.6 Å². The SMILES string of the molecule is COc1c([C@H]2[C@H](C(=O)Nc3ccnc(C(F)COC(C)(C)C)c3)O[C@@](C)(C(F)(F)F)[C@H]2C)ccc(F)c1F. The zero-order chi connectivity index (χ0) is 28.6. The number of nitrogens with one attached hydrogen (secondary N) is 1. The van der Waals surface area contributed by atoms with Gasteiger partial charge in [0.15, 0.2) is 23.3 Å². The first-order chi connectivity index (χ1) is 17.5. The maximum Gasteiger partial charge on any atom is 0.417 e. The molecule has 1 aromatic carbocycles. The topological polar surface area (TPSA) is 69.7 Å². The van der Waals surface area contributed by atoms with Gasteiger partial charge < -0.3 is 19.5 Å². The third-order valence-corrected chi connectivity index (χ3v) is 6.60. The van der Waals surface area contributed by atoms with E-state index in [0.29, 0.717) is 0 Å². The minimum Gasteiger partial charge on any atom is -0.493 e. The normalized spacial score (nSPS) is 24.8. The highest BCUT2D eigenvalue weighted by atomic mass is 19.4. The number of alkyl halides is 4. The van der Waals surface area contributed by atoms with E-state index in [4.69, 9.17) is 14.2 Å². The van der Waals surface area contributed by atoms with Crippen LogP contribution in [0, 0.1) is 17.6 Å². The van der Waals surface area contributed by atoms with Crippen molar-refractivity contribution < 1.29 is 45.3 Å². The van der Waals surface area contributed by atoms with Crippen LogP contribution in [0.2, 0.25) is 0 Å². The molecule has 12 heteroatoms. The lowest BCUT2D eigenvalue weighted by Crippen LogP contribution is -2.47. The summed E-state index contributed by atoms with van der Waals surface area (Å²) in [4.78, 5) is 17.2. The summed E-state index contributed by atoms with van der Waals surface area (Å²) in [5.41, 5.74) is -3.58. The molecule has 0 saturated carbocycles. The molecule has 1 N–H and O–H groups in total. The van der Waals surface area contributed by atoms with Gasteiger partial charge in [0, 0.05) is 29.3 Å². The molecular formula is C26H30F6N2O4. The zero-order valence-corrected chi connectivity index (χ0v) is 21.8. The van der Waals surface area contributed by atoms with Gasteiger partial charge in [-0.1, -0.05) is 13.0 Å². The van der Waals surface area contributed by atoms with Crippen LogP contribution in [0.1, 0.15) is 58.0 Å². The Morgan fingerprint density at radius 3 is 2.45 bits per heavy atom. The van der Waals surface area contributed by atoms with Crippen molar-refractivity contribution in [3.8, 4) is 5.75 Å². The molecule has 0 aliphatic carbocycles. The number of carbonyl (C=O) groups is 1. The smallest absolute Gasteiger partial charge is 0.417 e. The summed E-state index contributed by atoms with van der Waals surface area (Å²) in [5.74, 6) is -7.07. The third-order valence-electron chi connectivity index (χ3n) is 6.60. The summed E-state index contributed by atoms with van der Waals surface area (Å²) in [6.45, 7) is 6.94. The number of anilines is 1. The molecule has 2 aromatic rings. The van der Waals surface area contributed by atoms with Crippen molar-refractivity contribution in [2.75, 3.05) is 19.0 Å². The van der Waals surface area contributed by atoms with Crippen LogP contribution < -0.4 is 10.1 Å². The van der Waals surface area contributed by atoms with E-state index in [1.807, 2.05) is 0 Å². The fourth-order valence-electron chi connectivity index (χ4n) is 4.36. The minimum atomic E-state index is -4.90. The number of hydrogen-bond donors (Lipinski definition) is 1. The van der Waals surface area contributed by atoms with E-state index in [9.17, 15) is 31.1 Å². The van der Waals surface area contributed by atoms with Gasteiger partial charge in [-0.25, -0.2) is 8.78 Å². The number of rotatable bonds is 7. The molecule has 0 bridgehead atoms. The van der Waals surface area contributed by atoms with E-state index in [2.05, 4.69) is 10.3 Å². The molecule has 1 aliphatic rings. The lowest BCUT2D eigenvalue weighted by molar-refractivity contribution is -0.272. The summed E-state index contributed by atoms with van der Waals surface area (Å²) < 4.78 is 101. The van der Waals surface area contributed by atoms with Gasteiger partial charge in [0.05, 0.1) is 25.0 Å². The highest BCUT2D eigenvalue weighted by molar-refractivity contribution is 5.95. The maximum atomic E-state index is 14.7. The number of ether oxygens (including phenoxy) is 3. The van der Waals surface area contributed by atoms with Crippen LogP contribution in [-0.2, 0) is 14.3 Å². The van der Waals surface area contributed by atoms with Gasteiger partial charge in [-0.15, -0.1) is 0 Å². The largest absolute Gasteiger partial charge is 0.493 e. The highest BCUT2D eigenvalue weighted by Gasteiger charge is 2.65. The third kappa shape index (κ3) is 5.90. The van der Waals surface area contributed by atoms with Gasteiger partial charge in [0.1, 0.15) is 6.10 Å². The number of benzene rings is 1. The second kappa shape index (κ2) is 10.7. The predicted molar refractivity (Wildman–Crippen MR) is 127 cm³/mol. The molecule has 1 amide bonds. The van der Waals surface area contributed by atoms with E-state index in [1.54, 1.807) is 20.8 Å². The van der Waals surface area contributed by atoms with Gasteiger partial charge in [-0.2, -0.15) is 17.6 Å². The second-order valence-corrected chi connectivity index (χ2v) is 10.3. The molecule has 6 nitrogen and oxygen atoms in total. The second-order valence-electron chi connectivity index (χ2n) is 10.3. The summed E-state index contributed by atoms with van der Waals surface area (Å²) in [6, 6.07) is 4.36. The zero-order valence-electron chi connectivity index (χ0n) is 21.8. The Bertz CT molecular complexity index is 1170. The van der Waals surface area contributed by atoms with Gasteiger partial charge >= 0.3 is 6.18 Å². The van der Waals surface area contributed by atoms with E-state index in [0.717, 1.165) is 26.2 Å². The first kappa shape index (κ1) is 29.7. The molecule has 1 aliphatic heterocycles. The van der Waals surface area contributed by atoms with Crippen molar-refractivity contribution in [2.24, 2.45) is 5.92 Å². The van der Waals surface area contributed by atoms with Crippen LogP contribution in [0.4, 0.5) is 32.0 Å². The molecule has 1 aromatic heterocycles. The van der Waals surface area contributed by atoms with Gasteiger partial charge in [0.25, 0.3) is 5.91 Å². The number of aromatic nitrogens is 1. The number of carbonyl (C=O) groups excluding carboxylic acids is 1.